The molecule has 2 amide bonds. The Morgan fingerprint density at radius 3 is 2.03 bits per heavy atom. The summed E-state index contributed by atoms with van der Waals surface area (Å²) in [5.41, 5.74) is 2.20. The highest BCUT2D eigenvalue weighted by Gasteiger charge is 2.25. The molecule has 8 heteroatoms. The van der Waals surface area contributed by atoms with Crippen molar-refractivity contribution in [2.45, 2.75) is 25.5 Å². The lowest BCUT2D eigenvalue weighted by Gasteiger charge is -2.22. The van der Waals surface area contributed by atoms with E-state index in [1.807, 2.05) is 72.8 Å². The molecule has 0 aliphatic rings. The molecule has 36 heavy (non-hydrogen) atoms. The van der Waals surface area contributed by atoms with Crippen LogP contribution in [0.15, 0.2) is 91.0 Å². The second kappa shape index (κ2) is 13.9. The van der Waals surface area contributed by atoms with Crippen LogP contribution in [0.1, 0.15) is 17.5 Å². The van der Waals surface area contributed by atoms with Gasteiger partial charge >= 0.3 is 12.1 Å². The van der Waals surface area contributed by atoms with Crippen molar-refractivity contribution >= 4 is 23.7 Å². The fourth-order valence-corrected chi connectivity index (χ4v) is 3.43. The molecule has 0 radical (unpaired) electrons. The van der Waals surface area contributed by atoms with Crippen molar-refractivity contribution < 1.29 is 23.9 Å². The number of nitriles is 1. The maximum Gasteiger partial charge on any atom is 0.408 e. The highest BCUT2D eigenvalue weighted by molar-refractivity contribution is 5.95. The summed E-state index contributed by atoms with van der Waals surface area (Å²) in [7, 11) is 0. The third kappa shape index (κ3) is 8.29. The van der Waals surface area contributed by atoms with E-state index in [4.69, 9.17) is 14.7 Å². The van der Waals surface area contributed by atoms with Crippen LogP contribution in [-0.2, 0) is 32.1 Å². The van der Waals surface area contributed by atoms with Crippen molar-refractivity contribution in [2.75, 3.05) is 18.1 Å². The van der Waals surface area contributed by atoms with Crippen LogP contribution in [0.5, 0.6) is 0 Å². The lowest BCUT2D eigenvalue weighted by molar-refractivity contribution is -0.149. The Kier molecular flexibility index (Phi) is 10.0. The van der Waals surface area contributed by atoms with E-state index in [-0.39, 0.29) is 26.0 Å². The number of anilines is 1. The highest BCUT2D eigenvalue weighted by atomic mass is 16.6. The third-order valence-electron chi connectivity index (χ3n) is 5.23. The lowest BCUT2D eigenvalue weighted by atomic mass is 10.1. The van der Waals surface area contributed by atoms with E-state index < -0.39 is 30.6 Å². The Morgan fingerprint density at radius 2 is 1.42 bits per heavy atom. The minimum absolute atomic E-state index is 0.0448. The van der Waals surface area contributed by atoms with Gasteiger partial charge in [0, 0.05) is 18.7 Å². The van der Waals surface area contributed by atoms with Crippen LogP contribution in [0.3, 0.4) is 0 Å². The first-order valence-corrected chi connectivity index (χ1v) is 11.5. The number of hydrogen-bond donors (Lipinski definition) is 1. The smallest absolute Gasteiger partial charge is 0.408 e. The van der Waals surface area contributed by atoms with Gasteiger partial charge in [0.05, 0.1) is 12.5 Å². The molecule has 0 saturated carbocycles. The molecule has 3 aromatic rings. The number of amides is 2. The van der Waals surface area contributed by atoms with Crippen LogP contribution in [0, 0.1) is 11.3 Å². The number of nitrogens with zero attached hydrogens (tertiary/aromatic N) is 2. The molecule has 3 rings (SSSR count). The Labute approximate surface area is 210 Å². The molecule has 0 bridgehead atoms. The van der Waals surface area contributed by atoms with Crippen molar-refractivity contribution in [2.24, 2.45) is 0 Å². The number of nitrogens with one attached hydrogen (secondary N) is 1. The first-order valence-electron chi connectivity index (χ1n) is 11.5. The van der Waals surface area contributed by atoms with Gasteiger partial charge in [-0.25, -0.2) is 9.59 Å². The normalized spacial score (nSPS) is 11.0. The molecule has 0 spiro atoms. The van der Waals surface area contributed by atoms with Gasteiger partial charge in [0.2, 0.25) is 0 Å². The van der Waals surface area contributed by atoms with E-state index in [0.717, 1.165) is 11.1 Å². The molecule has 0 aliphatic carbocycles. The first kappa shape index (κ1) is 26.0. The van der Waals surface area contributed by atoms with Crippen molar-refractivity contribution in [3.63, 3.8) is 0 Å². The zero-order valence-electron chi connectivity index (χ0n) is 19.7. The number of alkyl carbamates (subject to hydrolysis) is 1. The summed E-state index contributed by atoms with van der Waals surface area (Å²) in [5, 5.41) is 11.5. The second-order valence-electron chi connectivity index (χ2n) is 7.85. The summed E-state index contributed by atoms with van der Waals surface area (Å²) in [4.78, 5) is 39.6. The fraction of sp³-hybridized carbons (Fsp3) is 0.214. The minimum Gasteiger partial charge on any atom is -0.454 e. The number of carbonyl (C=O) groups excluding carboxylic acids is 3. The van der Waals surface area contributed by atoms with Crippen molar-refractivity contribution in [3.05, 3.63) is 102 Å². The fourth-order valence-electron chi connectivity index (χ4n) is 3.43. The molecular formula is C28H27N3O5. The molecule has 8 nitrogen and oxygen atoms in total. The van der Waals surface area contributed by atoms with Crippen molar-refractivity contribution in [3.8, 4) is 6.07 Å². The Hall–Kier alpha value is -4.64. The molecule has 0 saturated heterocycles. The van der Waals surface area contributed by atoms with Crippen LogP contribution in [0.25, 0.3) is 0 Å². The molecule has 0 aliphatic heterocycles. The summed E-state index contributed by atoms with van der Waals surface area (Å²) in [5.74, 6) is -1.24. The van der Waals surface area contributed by atoms with E-state index in [1.165, 1.54) is 4.90 Å². The Balaban J connectivity index is 1.63. The summed E-state index contributed by atoms with van der Waals surface area (Å²) < 4.78 is 10.5. The number of rotatable bonds is 11. The van der Waals surface area contributed by atoms with Crippen LogP contribution in [-0.4, -0.2) is 37.2 Å². The maximum atomic E-state index is 12.9. The van der Waals surface area contributed by atoms with Crippen molar-refractivity contribution in [1.29, 1.82) is 5.26 Å². The van der Waals surface area contributed by atoms with E-state index in [1.54, 1.807) is 24.3 Å². The van der Waals surface area contributed by atoms with Gasteiger partial charge in [-0.1, -0.05) is 78.9 Å². The highest BCUT2D eigenvalue weighted by Crippen LogP contribution is 2.14. The number of esters is 1. The van der Waals surface area contributed by atoms with E-state index in [2.05, 4.69) is 5.32 Å². The minimum atomic E-state index is -1.06. The zero-order chi connectivity index (χ0) is 25.6. The van der Waals surface area contributed by atoms with Gasteiger partial charge in [-0.2, -0.15) is 5.26 Å². The SMILES string of the molecule is N#CCCN(C(=O)COC(=O)[C@H](Cc1ccccc1)NC(=O)OCc1ccccc1)c1ccccc1. The van der Waals surface area contributed by atoms with E-state index in [0.29, 0.717) is 5.69 Å². The van der Waals surface area contributed by atoms with Gasteiger partial charge in [0.1, 0.15) is 12.6 Å². The average molecular weight is 486 g/mol. The van der Waals surface area contributed by atoms with Gasteiger partial charge in [-0.05, 0) is 23.3 Å². The molecule has 1 N–H and O–H groups in total. The number of hydrogen-bond acceptors (Lipinski definition) is 6. The van der Waals surface area contributed by atoms with Gasteiger partial charge in [-0.3, -0.25) is 4.79 Å². The third-order valence-corrected chi connectivity index (χ3v) is 5.23. The summed E-state index contributed by atoms with van der Waals surface area (Å²) in [6.07, 6.45) is -0.492. The van der Waals surface area contributed by atoms with Gasteiger partial charge in [0.25, 0.3) is 5.91 Å². The summed E-state index contributed by atoms with van der Waals surface area (Å²) >= 11 is 0. The summed E-state index contributed by atoms with van der Waals surface area (Å²) in [6.45, 7) is -0.331. The molecule has 184 valence electrons. The van der Waals surface area contributed by atoms with Crippen LogP contribution in [0.2, 0.25) is 0 Å². The Bertz CT molecular complexity index is 1160. The van der Waals surface area contributed by atoms with Gasteiger partial charge < -0.3 is 19.7 Å². The van der Waals surface area contributed by atoms with Crippen LogP contribution in [0.4, 0.5) is 10.5 Å². The molecule has 0 fully saturated rings. The Morgan fingerprint density at radius 1 is 0.833 bits per heavy atom. The quantitative estimate of drug-likeness (QED) is 0.411. The predicted molar refractivity (Wildman–Crippen MR) is 134 cm³/mol. The largest absolute Gasteiger partial charge is 0.454 e. The molecule has 1 atom stereocenters. The molecule has 0 heterocycles. The molecule has 0 aromatic heterocycles. The number of benzene rings is 3. The predicted octanol–water partition coefficient (Wildman–Crippen LogP) is 4.01. The molecule has 3 aromatic carbocycles. The van der Waals surface area contributed by atoms with Gasteiger partial charge in [0.15, 0.2) is 6.61 Å². The summed E-state index contributed by atoms with van der Waals surface area (Å²) in [6, 6.07) is 28.1. The monoisotopic (exact) mass is 485 g/mol. The van der Waals surface area contributed by atoms with Crippen molar-refractivity contribution in [1.82, 2.24) is 5.32 Å². The lowest BCUT2D eigenvalue weighted by Crippen LogP contribution is -2.45. The zero-order valence-corrected chi connectivity index (χ0v) is 19.7. The number of ether oxygens (including phenoxy) is 2. The van der Waals surface area contributed by atoms with E-state index >= 15 is 0 Å². The average Bonchev–Trinajstić information content (AvgIpc) is 2.92. The topological polar surface area (TPSA) is 109 Å². The van der Waals surface area contributed by atoms with Crippen LogP contribution >= 0.6 is 0 Å². The molecular weight excluding hydrogens is 458 g/mol. The maximum absolute atomic E-state index is 12.9. The number of carbonyl (C=O) groups is 3. The van der Waals surface area contributed by atoms with Crippen LogP contribution < -0.4 is 10.2 Å². The molecule has 0 unspecified atom stereocenters. The van der Waals surface area contributed by atoms with Gasteiger partial charge in [-0.15, -0.1) is 0 Å². The second-order valence-corrected chi connectivity index (χ2v) is 7.85. The van der Waals surface area contributed by atoms with E-state index in [9.17, 15) is 14.4 Å². The first-order chi connectivity index (χ1) is 17.6. The number of para-hydroxylation sites is 1. The standard InChI is InChI=1S/C28H27N3O5/c29-17-10-18-31(24-15-8-3-9-16-24)26(32)21-35-27(33)25(19-22-11-4-1-5-12-22)30-28(34)36-20-23-13-6-2-7-14-23/h1-9,11-16,25H,10,18-21H2,(H,30,34)/t25-/m0/s1.